The minimum absolute atomic E-state index is 0.0777. The molecule has 0 saturated carbocycles. The number of methoxy groups -OCH3 is 1. The highest BCUT2D eigenvalue weighted by Gasteiger charge is 2.36. The highest BCUT2D eigenvalue weighted by molar-refractivity contribution is 5.95. The molecule has 3 aromatic carbocycles. The Hall–Kier alpha value is -3.71. The molecule has 0 saturated heterocycles. The Kier molecular flexibility index (Phi) is 8.16. The van der Waals surface area contributed by atoms with Gasteiger partial charge in [-0.3, -0.25) is 9.59 Å². The molecule has 0 aliphatic carbocycles. The van der Waals surface area contributed by atoms with Gasteiger partial charge in [-0.2, -0.15) is 0 Å². The van der Waals surface area contributed by atoms with Crippen LogP contribution in [0.4, 0.5) is 4.39 Å². The van der Waals surface area contributed by atoms with Gasteiger partial charge in [-0.05, 0) is 143 Å². The molecule has 0 radical (unpaired) electrons. The zero-order valence-corrected chi connectivity index (χ0v) is 26.8. The molecule has 43 heavy (non-hydrogen) atoms. The van der Waals surface area contributed by atoms with Crippen molar-refractivity contribution in [2.75, 3.05) is 13.7 Å². The molecule has 0 spiro atoms. The van der Waals surface area contributed by atoms with Gasteiger partial charge in [-0.25, -0.2) is 4.39 Å². The van der Waals surface area contributed by atoms with Gasteiger partial charge >= 0.3 is 0 Å². The Morgan fingerprint density at radius 2 is 1.65 bits per heavy atom. The van der Waals surface area contributed by atoms with Crippen LogP contribution in [0.15, 0.2) is 24.3 Å². The van der Waals surface area contributed by atoms with Crippen LogP contribution in [0, 0.1) is 33.5 Å². The zero-order chi connectivity index (χ0) is 31.4. The van der Waals surface area contributed by atoms with Gasteiger partial charge < -0.3 is 19.1 Å². The lowest BCUT2D eigenvalue weighted by Crippen LogP contribution is -2.28. The normalized spacial score (nSPS) is 15.1. The van der Waals surface area contributed by atoms with Crippen LogP contribution in [0.2, 0.25) is 0 Å². The van der Waals surface area contributed by atoms with E-state index in [1.807, 2.05) is 65.5 Å². The van der Waals surface area contributed by atoms with Crippen LogP contribution in [0.3, 0.4) is 0 Å². The molecule has 0 bridgehead atoms. The van der Waals surface area contributed by atoms with E-state index in [-0.39, 0.29) is 11.7 Å². The molecular weight excluding hydrogens is 545 g/mol. The number of aryl methyl sites for hydroxylation is 1. The fourth-order valence-corrected chi connectivity index (χ4v) is 6.65. The number of carbonyl (C=O) groups excluding carboxylic acids is 2. The molecule has 0 N–H and O–H groups in total. The van der Waals surface area contributed by atoms with Gasteiger partial charge in [0.25, 0.3) is 5.91 Å². The number of hydrogen-bond donors (Lipinski definition) is 0. The van der Waals surface area contributed by atoms with Gasteiger partial charge in [-0.15, -0.1) is 0 Å². The van der Waals surface area contributed by atoms with Gasteiger partial charge in [0.1, 0.15) is 11.9 Å². The highest BCUT2D eigenvalue weighted by Crippen LogP contribution is 2.47. The summed E-state index contributed by atoms with van der Waals surface area (Å²) in [6, 6.07) is 7.00. The minimum atomic E-state index is -0.859. The van der Waals surface area contributed by atoms with Crippen molar-refractivity contribution in [1.82, 2.24) is 4.90 Å². The van der Waals surface area contributed by atoms with Crippen LogP contribution < -0.4 is 9.47 Å². The molecule has 5 rings (SSSR count). The second-order valence-electron chi connectivity index (χ2n) is 12.9. The van der Waals surface area contributed by atoms with E-state index in [1.165, 1.54) is 6.92 Å². The molecule has 2 heterocycles. The van der Waals surface area contributed by atoms with Gasteiger partial charge in [0.15, 0.2) is 17.3 Å². The molecule has 2 aliphatic rings. The third-order valence-corrected chi connectivity index (χ3v) is 8.75. The fraction of sp³-hybridized carbons (Fsp3) is 0.444. The molecule has 2 aliphatic heterocycles. The molecule has 7 heteroatoms. The van der Waals surface area contributed by atoms with Crippen molar-refractivity contribution >= 4 is 11.7 Å². The number of Topliss-reactive ketones (excluding diaryl/α,β-unsaturated/α-hetero) is 1. The van der Waals surface area contributed by atoms with E-state index in [4.69, 9.17) is 14.2 Å². The van der Waals surface area contributed by atoms with Crippen molar-refractivity contribution < 1.29 is 28.2 Å². The number of ketones is 1. The average Bonchev–Trinajstić information content (AvgIpc) is 3.41. The lowest BCUT2D eigenvalue weighted by Gasteiger charge is -2.31. The maximum absolute atomic E-state index is 15.6. The maximum Gasteiger partial charge on any atom is 0.254 e. The Balaban J connectivity index is 1.71. The second kappa shape index (κ2) is 11.4. The van der Waals surface area contributed by atoms with Crippen LogP contribution in [-0.2, 0) is 29.0 Å². The molecular formula is C36H42FNO5. The molecule has 1 amide bonds. The first-order valence-corrected chi connectivity index (χ1v) is 15.0. The summed E-state index contributed by atoms with van der Waals surface area (Å²) in [7, 11) is 1.61. The lowest BCUT2D eigenvalue weighted by molar-refractivity contribution is -0.138. The van der Waals surface area contributed by atoms with Gasteiger partial charge in [0.05, 0.1) is 19.3 Å². The second-order valence-corrected chi connectivity index (χ2v) is 12.9. The number of fused-ring (bicyclic) bond motifs is 2. The van der Waals surface area contributed by atoms with Crippen LogP contribution in [-0.4, -0.2) is 35.9 Å². The Labute approximate surface area is 254 Å². The number of benzene rings is 3. The van der Waals surface area contributed by atoms with E-state index >= 15 is 4.39 Å². The van der Waals surface area contributed by atoms with Crippen LogP contribution >= 0.6 is 0 Å². The molecule has 0 unspecified atom stereocenters. The summed E-state index contributed by atoms with van der Waals surface area (Å²) >= 11 is 0. The zero-order valence-electron chi connectivity index (χ0n) is 26.8. The van der Waals surface area contributed by atoms with E-state index in [0.717, 1.165) is 74.2 Å². The smallest absolute Gasteiger partial charge is 0.254 e. The van der Waals surface area contributed by atoms with E-state index < -0.39 is 17.5 Å². The van der Waals surface area contributed by atoms with Crippen LogP contribution in [0.5, 0.6) is 11.5 Å². The number of carbonyl (C=O) groups is 2. The van der Waals surface area contributed by atoms with Gasteiger partial charge in [0.2, 0.25) is 0 Å². The van der Waals surface area contributed by atoms with Crippen molar-refractivity contribution in [3.05, 3.63) is 80.2 Å². The number of amides is 1. The maximum atomic E-state index is 15.6. The largest absolute Gasteiger partial charge is 0.496 e. The summed E-state index contributed by atoms with van der Waals surface area (Å²) in [4.78, 5) is 28.9. The Bertz CT molecular complexity index is 1630. The van der Waals surface area contributed by atoms with Gasteiger partial charge in [0, 0.05) is 24.2 Å². The molecule has 3 aromatic rings. The summed E-state index contributed by atoms with van der Waals surface area (Å²) < 4.78 is 33.2. The third-order valence-electron chi connectivity index (χ3n) is 8.75. The van der Waals surface area contributed by atoms with E-state index in [9.17, 15) is 9.59 Å². The molecule has 0 fully saturated rings. The highest BCUT2D eigenvalue weighted by atomic mass is 19.1. The number of hydrogen-bond acceptors (Lipinski definition) is 5. The summed E-state index contributed by atoms with van der Waals surface area (Å²) in [5.74, 6) is 0.449. The van der Waals surface area contributed by atoms with E-state index in [1.54, 1.807) is 19.2 Å². The topological polar surface area (TPSA) is 65.1 Å². The third kappa shape index (κ3) is 5.55. The molecule has 0 aromatic heterocycles. The fourth-order valence-electron chi connectivity index (χ4n) is 6.65. The first-order valence-electron chi connectivity index (χ1n) is 15.0. The van der Waals surface area contributed by atoms with Crippen molar-refractivity contribution in [3.8, 4) is 22.6 Å². The summed E-state index contributed by atoms with van der Waals surface area (Å²) in [6.45, 7) is 16.6. The minimum Gasteiger partial charge on any atom is -0.496 e. The summed E-state index contributed by atoms with van der Waals surface area (Å²) in [5, 5.41) is 0. The van der Waals surface area contributed by atoms with Crippen molar-refractivity contribution in [3.63, 3.8) is 0 Å². The van der Waals surface area contributed by atoms with Crippen LogP contribution in [0.25, 0.3) is 11.1 Å². The molecule has 228 valence electrons. The predicted molar refractivity (Wildman–Crippen MR) is 165 cm³/mol. The first-order chi connectivity index (χ1) is 20.2. The first kappa shape index (κ1) is 30.7. The summed E-state index contributed by atoms with van der Waals surface area (Å²) in [6.07, 6.45) is 0.682. The van der Waals surface area contributed by atoms with Gasteiger partial charge in [-0.1, -0.05) is 0 Å². The molecule has 1 atom stereocenters. The SMILES string of the molecule is COc1ccc(C(=O)N2Cc3c(C)c(-c4cc(F)c5c(c4C)CCCO5)c([C@H](OC(C)(C)C)C(C)=O)c(C)c3C2)cc1C. The number of halogens is 1. The van der Waals surface area contributed by atoms with Crippen molar-refractivity contribution in [2.45, 2.75) is 93.0 Å². The Morgan fingerprint density at radius 3 is 2.26 bits per heavy atom. The lowest BCUT2D eigenvalue weighted by atomic mass is 9.80. The van der Waals surface area contributed by atoms with Crippen molar-refractivity contribution in [2.24, 2.45) is 0 Å². The van der Waals surface area contributed by atoms with Crippen LogP contribution in [0.1, 0.15) is 95.1 Å². The number of ether oxygens (including phenoxy) is 3. The number of nitrogens with zero attached hydrogens (tertiary/aromatic N) is 1. The summed E-state index contributed by atoms with van der Waals surface area (Å²) in [5.41, 5.74) is 8.84. The molecule has 6 nitrogen and oxygen atoms in total. The average molecular weight is 588 g/mol. The quantitative estimate of drug-likeness (QED) is 0.296. The monoisotopic (exact) mass is 587 g/mol. The van der Waals surface area contributed by atoms with E-state index in [0.29, 0.717) is 31.0 Å². The predicted octanol–water partition coefficient (Wildman–Crippen LogP) is 7.66. The van der Waals surface area contributed by atoms with Crippen molar-refractivity contribution in [1.29, 1.82) is 0 Å². The number of rotatable bonds is 6. The standard InChI is InChI=1S/C36H42FNO5/c1-19-15-24(12-13-30(19)41-9)35(40)38-17-27-21(3)31(26-16-29(37)34-25(20(26)2)11-10-14-42-34)32(22(4)28(27)18-38)33(23(5)39)43-36(6,7)8/h12-13,15-16,33H,10-11,14,17-18H2,1-9H3/t33-/m1/s1. The Morgan fingerprint density at radius 1 is 0.977 bits per heavy atom. The van der Waals surface area contributed by atoms with E-state index in [2.05, 4.69) is 0 Å².